The Morgan fingerprint density at radius 3 is 2.15 bits per heavy atom. The van der Waals surface area contributed by atoms with Crippen LogP contribution in [-0.2, 0) is 10.0 Å². The topological polar surface area (TPSA) is 69.4 Å². The molecule has 0 heterocycles. The molecule has 2 atom stereocenters. The normalized spacial score (nSPS) is 14.8. The molecule has 9 heteroatoms. The molecule has 148 valence electrons. The highest BCUT2D eigenvalue weighted by Crippen LogP contribution is 2.35. The van der Waals surface area contributed by atoms with Crippen molar-refractivity contribution in [2.24, 2.45) is 5.14 Å². The van der Waals surface area contributed by atoms with Gasteiger partial charge in [0.1, 0.15) is 5.75 Å². The highest BCUT2D eigenvalue weighted by Gasteiger charge is 2.44. The van der Waals surface area contributed by atoms with E-state index in [0.717, 1.165) is 12.1 Å². The standard InChI is InChI=1S/C18H19F4NO3S/c1-2-15(27(23,24)25)16(12-7-4-3-5-8-12)13-9-6-10-14(11-13)26-18(21,22)17(19)20/h3-11,15-17H,2H2,1H3,(H2,23,24,25). The highest BCUT2D eigenvalue weighted by molar-refractivity contribution is 7.89. The summed E-state index contributed by atoms with van der Waals surface area (Å²) in [5.74, 6) is -1.28. The fraction of sp³-hybridized carbons (Fsp3) is 0.333. The lowest BCUT2D eigenvalue weighted by molar-refractivity contribution is -0.253. The third-order valence-electron chi connectivity index (χ3n) is 4.08. The Kier molecular flexibility index (Phi) is 6.48. The van der Waals surface area contributed by atoms with E-state index >= 15 is 0 Å². The van der Waals surface area contributed by atoms with E-state index in [1.54, 1.807) is 37.3 Å². The number of hydrogen-bond donors (Lipinski definition) is 1. The molecule has 0 aliphatic carbocycles. The second kappa shape index (κ2) is 8.26. The Hall–Kier alpha value is -2.13. The molecule has 0 bridgehead atoms. The highest BCUT2D eigenvalue weighted by atomic mass is 32.2. The van der Waals surface area contributed by atoms with Gasteiger partial charge in [0.05, 0.1) is 5.25 Å². The third-order valence-corrected chi connectivity index (χ3v) is 5.53. The van der Waals surface area contributed by atoms with Gasteiger partial charge in [-0.15, -0.1) is 0 Å². The molecule has 0 aromatic heterocycles. The van der Waals surface area contributed by atoms with E-state index in [4.69, 9.17) is 5.14 Å². The van der Waals surface area contributed by atoms with E-state index in [1.807, 2.05) is 0 Å². The summed E-state index contributed by atoms with van der Waals surface area (Å²) in [5.41, 5.74) is 0.904. The second-order valence-corrected chi connectivity index (χ2v) is 7.74. The number of alkyl halides is 4. The SMILES string of the molecule is CCC(C(c1ccccc1)c1cccc(OC(F)(F)C(F)F)c1)S(N)(=O)=O. The molecule has 2 aromatic carbocycles. The Balaban J connectivity index is 2.53. The van der Waals surface area contributed by atoms with E-state index in [0.29, 0.717) is 11.1 Å². The van der Waals surface area contributed by atoms with Crippen molar-refractivity contribution >= 4 is 10.0 Å². The molecule has 0 saturated carbocycles. The van der Waals surface area contributed by atoms with Gasteiger partial charge in [0.25, 0.3) is 0 Å². The Labute approximate surface area is 155 Å². The molecule has 2 unspecified atom stereocenters. The predicted octanol–water partition coefficient (Wildman–Crippen LogP) is 4.12. The van der Waals surface area contributed by atoms with Crippen molar-refractivity contribution in [1.82, 2.24) is 0 Å². The van der Waals surface area contributed by atoms with Gasteiger partial charge in [-0.1, -0.05) is 49.4 Å². The van der Waals surface area contributed by atoms with Crippen LogP contribution < -0.4 is 9.88 Å². The van der Waals surface area contributed by atoms with Gasteiger partial charge in [-0.2, -0.15) is 17.6 Å². The van der Waals surface area contributed by atoms with Gasteiger partial charge in [-0.25, -0.2) is 13.6 Å². The minimum Gasteiger partial charge on any atom is -0.428 e. The number of primary sulfonamides is 1. The van der Waals surface area contributed by atoms with E-state index in [2.05, 4.69) is 4.74 Å². The van der Waals surface area contributed by atoms with Gasteiger partial charge in [0, 0.05) is 5.92 Å². The smallest absolute Gasteiger partial charge is 0.428 e. The number of rotatable bonds is 8. The van der Waals surface area contributed by atoms with Crippen LogP contribution in [-0.4, -0.2) is 26.2 Å². The lowest BCUT2D eigenvalue weighted by Crippen LogP contribution is -2.34. The Bertz CT molecular complexity index is 860. The van der Waals surface area contributed by atoms with Gasteiger partial charge in [0.15, 0.2) is 0 Å². The number of halogens is 4. The van der Waals surface area contributed by atoms with Crippen molar-refractivity contribution in [3.63, 3.8) is 0 Å². The van der Waals surface area contributed by atoms with Crippen molar-refractivity contribution < 1.29 is 30.7 Å². The molecule has 2 N–H and O–H groups in total. The zero-order valence-corrected chi connectivity index (χ0v) is 15.2. The zero-order valence-electron chi connectivity index (χ0n) is 14.4. The summed E-state index contributed by atoms with van der Waals surface area (Å²) in [7, 11) is -3.98. The molecular formula is C18H19F4NO3S. The lowest BCUT2D eigenvalue weighted by atomic mass is 9.87. The molecular weight excluding hydrogens is 386 g/mol. The van der Waals surface area contributed by atoms with Crippen LogP contribution in [0.2, 0.25) is 0 Å². The first-order valence-electron chi connectivity index (χ1n) is 8.07. The largest absolute Gasteiger partial charge is 0.461 e. The van der Waals surface area contributed by atoms with Gasteiger partial charge in [0.2, 0.25) is 10.0 Å². The van der Waals surface area contributed by atoms with Crippen LogP contribution in [0.25, 0.3) is 0 Å². The maximum Gasteiger partial charge on any atom is 0.461 e. The summed E-state index contributed by atoms with van der Waals surface area (Å²) in [4.78, 5) is 0. The van der Waals surface area contributed by atoms with Crippen LogP contribution in [0.3, 0.4) is 0 Å². The zero-order chi connectivity index (χ0) is 20.2. The monoisotopic (exact) mass is 405 g/mol. The molecule has 0 amide bonds. The number of benzene rings is 2. The Morgan fingerprint density at radius 2 is 1.63 bits per heavy atom. The summed E-state index contributed by atoms with van der Waals surface area (Å²) in [6.45, 7) is 1.64. The van der Waals surface area contributed by atoms with Gasteiger partial charge in [-0.3, -0.25) is 0 Å². The molecule has 27 heavy (non-hydrogen) atoms. The minimum atomic E-state index is -4.66. The molecule has 0 fully saturated rings. The molecule has 0 aliphatic heterocycles. The number of sulfonamides is 1. The first-order chi connectivity index (χ1) is 12.6. The molecule has 0 saturated heterocycles. The molecule has 2 rings (SSSR count). The average molecular weight is 405 g/mol. The van der Waals surface area contributed by atoms with Gasteiger partial charge in [-0.05, 0) is 29.7 Å². The number of hydrogen-bond acceptors (Lipinski definition) is 3. The maximum atomic E-state index is 13.2. The maximum absolute atomic E-state index is 13.2. The number of ether oxygens (including phenoxy) is 1. The molecule has 0 aliphatic rings. The van der Waals surface area contributed by atoms with Crippen LogP contribution in [0.5, 0.6) is 5.75 Å². The third kappa shape index (κ3) is 5.20. The quantitative estimate of drug-likeness (QED) is 0.672. The van der Waals surface area contributed by atoms with Crippen molar-refractivity contribution in [2.75, 3.05) is 0 Å². The van der Waals surface area contributed by atoms with Crippen LogP contribution in [0.4, 0.5) is 17.6 Å². The van der Waals surface area contributed by atoms with Gasteiger partial charge >= 0.3 is 12.5 Å². The van der Waals surface area contributed by atoms with Crippen molar-refractivity contribution in [1.29, 1.82) is 0 Å². The molecule has 0 radical (unpaired) electrons. The summed E-state index contributed by atoms with van der Waals surface area (Å²) in [6.07, 6.45) is -8.50. The summed E-state index contributed by atoms with van der Waals surface area (Å²) >= 11 is 0. The van der Waals surface area contributed by atoms with E-state index < -0.39 is 39.5 Å². The second-order valence-electron chi connectivity index (χ2n) is 5.96. The van der Waals surface area contributed by atoms with Crippen LogP contribution in [0.15, 0.2) is 54.6 Å². The molecule has 2 aromatic rings. The summed E-state index contributed by atoms with van der Waals surface area (Å²) in [6, 6.07) is 13.6. The first kappa shape index (κ1) is 21.2. The van der Waals surface area contributed by atoms with Gasteiger partial charge < -0.3 is 4.74 Å². The van der Waals surface area contributed by atoms with E-state index in [9.17, 15) is 26.0 Å². The van der Waals surface area contributed by atoms with Crippen LogP contribution in [0.1, 0.15) is 30.4 Å². The van der Waals surface area contributed by atoms with Crippen LogP contribution >= 0.6 is 0 Å². The van der Waals surface area contributed by atoms with Crippen molar-refractivity contribution in [3.05, 3.63) is 65.7 Å². The van der Waals surface area contributed by atoms with Crippen molar-refractivity contribution in [3.8, 4) is 5.75 Å². The summed E-state index contributed by atoms with van der Waals surface area (Å²) < 4.78 is 79.5. The van der Waals surface area contributed by atoms with E-state index in [-0.39, 0.29) is 6.42 Å². The fourth-order valence-electron chi connectivity index (χ4n) is 2.91. The fourth-order valence-corrected chi connectivity index (χ4v) is 4.07. The molecule has 0 spiro atoms. The van der Waals surface area contributed by atoms with Crippen LogP contribution in [0, 0.1) is 0 Å². The van der Waals surface area contributed by atoms with Crippen molar-refractivity contribution in [2.45, 2.75) is 37.0 Å². The average Bonchev–Trinajstić information content (AvgIpc) is 2.59. The predicted molar refractivity (Wildman–Crippen MR) is 93.5 cm³/mol. The minimum absolute atomic E-state index is 0.163. The van der Waals surface area contributed by atoms with E-state index in [1.165, 1.54) is 12.1 Å². The molecule has 4 nitrogen and oxygen atoms in total. The first-order valence-corrected chi connectivity index (χ1v) is 9.68. The lowest BCUT2D eigenvalue weighted by Gasteiger charge is -2.26. The Morgan fingerprint density at radius 1 is 1.04 bits per heavy atom. The number of nitrogens with two attached hydrogens (primary N) is 1. The summed E-state index contributed by atoms with van der Waals surface area (Å²) in [5, 5.41) is 4.33.